The van der Waals surface area contributed by atoms with Crippen LogP contribution in [-0.4, -0.2) is 43.9 Å². The summed E-state index contributed by atoms with van der Waals surface area (Å²) in [5.41, 5.74) is 0.848. The third kappa shape index (κ3) is 1.87. The molecular weight excluding hydrogens is 242 g/mol. The maximum absolute atomic E-state index is 9.59. The third-order valence-corrected chi connectivity index (χ3v) is 4.04. The minimum absolute atomic E-state index is 0.170. The Balaban J connectivity index is 1.73. The van der Waals surface area contributed by atoms with Gasteiger partial charge in [0.1, 0.15) is 5.82 Å². The van der Waals surface area contributed by atoms with Crippen molar-refractivity contribution in [1.82, 2.24) is 19.6 Å². The smallest absolute Gasteiger partial charge is 0.203 e. The second kappa shape index (κ2) is 4.16. The maximum atomic E-state index is 9.59. The van der Waals surface area contributed by atoms with E-state index in [4.69, 9.17) is 0 Å². The summed E-state index contributed by atoms with van der Waals surface area (Å²) in [4.78, 5) is 6.67. The van der Waals surface area contributed by atoms with Crippen molar-refractivity contribution in [2.24, 2.45) is 0 Å². The molecule has 0 spiro atoms. The van der Waals surface area contributed by atoms with Gasteiger partial charge in [0.2, 0.25) is 5.65 Å². The first-order valence-electron chi connectivity index (χ1n) is 6.95. The second-order valence-corrected chi connectivity index (χ2v) is 5.50. The standard InChI is InChI=1S/C13H17N5O/c19-10-3-6-17(7-4-10)12-13-16-15-11(9-1-2-9)18(13)8-5-14-12/h5,8-10,19H,1-4,6-7H2. The summed E-state index contributed by atoms with van der Waals surface area (Å²) in [6, 6.07) is 0. The molecule has 6 heteroatoms. The number of hydrogen-bond donors (Lipinski definition) is 1. The normalized spacial score (nSPS) is 21.2. The van der Waals surface area contributed by atoms with E-state index >= 15 is 0 Å². The van der Waals surface area contributed by atoms with Crippen molar-refractivity contribution in [2.45, 2.75) is 37.7 Å². The summed E-state index contributed by atoms with van der Waals surface area (Å²) < 4.78 is 2.07. The Labute approximate surface area is 111 Å². The fourth-order valence-corrected chi connectivity index (χ4v) is 2.75. The lowest BCUT2D eigenvalue weighted by Crippen LogP contribution is -2.36. The van der Waals surface area contributed by atoms with Crippen molar-refractivity contribution in [3.63, 3.8) is 0 Å². The Kier molecular flexibility index (Phi) is 2.44. The van der Waals surface area contributed by atoms with Crippen LogP contribution in [0, 0.1) is 0 Å². The van der Waals surface area contributed by atoms with Crippen LogP contribution >= 0.6 is 0 Å². The van der Waals surface area contributed by atoms with Crippen LogP contribution in [0.1, 0.15) is 37.4 Å². The second-order valence-electron chi connectivity index (χ2n) is 5.50. The first kappa shape index (κ1) is 11.2. The average Bonchev–Trinajstić information content (AvgIpc) is 3.19. The lowest BCUT2D eigenvalue weighted by Gasteiger charge is -2.30. The molecule has 2 aromatic rings. The van der Waals surface area contributed by atoms with Gasteiger partial charge in [0.15, 0.2) is 5.82 Å². The number of nitrogens with zero attached hydrogens (tertiary/aromatic N) is 5. The molecule has 0 unspecified atom stereocenters. The number of aromatic nitrogens is 4. The fraction of sp³-hybridized carbons (Fsp3) is 0.615. The van der Waals surface area contributed by atoms with Gasteiger partial charge < -0.3 is 10.0 Å². The van der Waals surface area contributed by atoms with Gasteiger partial charge in [-0.25, -0.2) is 4.98 Å². The highest BCUT2D eigenvalue weighted by atomic mass is 16.3. The zero-order valence-electron chi connectivity index (χ0n) is 10.7. The summed E-state index contributed by atoms with van der Waals surface area (Å²) in [7, 11) is 0. The van der Waals surface area contributed by atoms with Gasteiger partial charge in [-0.3, -0.25) is 4.40 Å². The Hall–Kier alpha value is -1.69. The Morgan fingerprint density at radius 1 is 1.11 bits per heavy atom. The number of anilines is 1. The molecule has 3 heterocycles. The van der Waals surface area contributed by atoms with E-state index < -0.39 is 0 Å². The van der Waals surface area contributed by atoms with Crippen molar-refractivity contribution in [3.8, 4) is 0 Å². The van der Waals surface area contributed by atoms with Gasteiger partial charge in [0.05, 0.1) is 6.10 Å². The van der Waals surface area contributed by atoms with Gasteiger partial charge >= 0.3 is 0 Å². The van der Waals surface area contributed by atoms with Crippen molar-refractivity contribution in [1.29, 1.82) is 0 Å². The van der Waals surface area contributed by atoms with Crippen molar-refractivity contribution in [2.75, 3.05) is 18.0 Å². The number of aliphatic hydroxyl groups excluding tert-OH is 1. The van der Waals surface area contributed by atoms with E-state index in [1.54, 1.807) is 0 Å². The molecule has 4 rings (SSSR count). The fourth-order valence-electron chi connectivity index (χ4n) is 2.75. The van der Waals surface area contributed by atoms with Gasteiger partial charge in [0, 0.05) is 31.4 Å². The molecule has 2 aliphatic rings. The Morgan fingerprint density at radius 2 is 1.89 bits per heavy atom. The van der Waals surface area contributed by atoms with Gasteiger partial charge in [-0.2, -0.15) is 0 Å². The van der Waals surface area contributed by atoms with Crippen LogP contribution in [0.4, 0.5) is 5.82 Å². The van der Waals surface area contributed by atoms with E-state index in [9.17, 15) is 5.11 Å². The molecule has 19 heavy (non-hydrogen) atoms. The summed E-state index contributed by atoms with van der Waals surface area (Å²) >= 11 is 0. The molecule has 1 aliphatic heterocycles. The SMILES string of the molecule is OC1CCN(c2nccn3c(C4CC4)nnc23)CC1. The Bertz CT molecular complexity index is 598. The number of piperidine rings is 1. The highest BCUT2D eigenvalue weighted by Gasteiger charge is 2.30. The zero-order valence-corrected chi connectivity index (χ0v) is 10.7. The van der Waals surface area contributed by atoms with E-state index in [1.165, 1.54) is 12.8 Å². The molecule has 1 saturated heterocycles. The monoisotopic (exact) mass is 259 g/mol. The molecule has 6 nitrogen and oxygen atoms in total. The lowest BCUT2D eigenvalue weighted by atomic mass is 10.1. The quantitative estimate of drug-likeness (QED) is 0.870. The van der Waals surface area contributed by atoms with Crippen molar-refractivity contribution >= 4 is 11.5 Å². The van der Waals surface area contributed by atoms with E-state index in [0.717, 1.165) is 43.2 Å². The topological polar surface area (TPSA) is 66.5 Å². The van der Waals surface area contributed by atoms with E-state index in [0.29, 0.717) is 5.92 Å². The van der Waals surface area contributed by atoms with Gasteiger partial charge in [-0.1, -0.05) is 0 Å². The predicted molar refractivity (Wildman–Crippen MR) is 70.2 cm³/mol. The van der Waals surface area contributed by atoms with Gasteiger partial charge in [-0.05, 0) is 25.7 Å². The number of fused-ring (bicyclic) bond motifs is 1. The third-order valence-electron chi connectivity index (χ3n) is 4.04. The highest BCUT2D eigenvalue weighted by molar-refractivity contribution is 5.64. The average molecular weight is 259 g/mol. The first-order valence-corrected chi connectivity index (χ1v) is 6.95. The van der Waals surface area contributed by atoms with Gasteiger partial charge in [-0.15, -0.1) is 10.2 Å². The molecule has 2 fully saturated rings. The molecule has 0 aromatic carbocycles. The zero-order chi connectivity index (χ0) is 12.8. The molecule has 1 aliphatic carbocycles. The largest absolute Gasteiger partial charge is 0.393 e. The van der Waals surface area contributed by atoms with Crippen LogP contribution in [-0.2, 0) is 0 Å². The molecule has 0 radical (unpaired) electrons. The maximum Gasteiger partial charge on any atom is 0.203 e. The van der Waals surface area contributed by atoms with E-state index in [1.807, 2.05) is 12.4 Å². The summed E-state index contributed by atoms with van der Waals surface area (Å²) in [5.74, 6) is 2.54. The molecule has 0 atom stereocenters. The Morgan fingerprint density at radius 3 is 2.63 bits per heavy atom. The summed E-state index contributed by atoms with van der Waals surface area (Å²) in [6.07, 6.45) is 7.63. The molecular formula is C13H17N5O. The molecule has 1 N–H and O–H groups in total. The molecule has 2 aromatic heterocycles. The molecule has 0 amide bonds. The number of aliphatic hydroxyl groups is 1. The van der Waals surface area contributed by atoms with Crippen LogP contribution in [0.25, 0.3) is 5.65 Å². The predicted octanol–water partition coefficient (Wildman–Crippen LogP) is 0.963. The number of hydrogen-bond acceptors (Lipinski definition) is 5. The highest BCUT2D eigenvalue weighted by Crippen LogP contribution is 2.39. The van der Waals surface area contributed by atoms with Crippen LogP contribution in [0.5, 0.6) is 0 Å². The minimum Gasteiger partial charge on any atom is -0.393 e. The minimum atomic E-state index is -0.170. The molecule has 1 saturated carbocycles. The summed E-state index contributed by atoms with van der Waals surface area (Å²) in [6.45, 7) is 1.67. The van der Waals surface area contributed by atoms with Crippen molar-refractivity contribution in [3.05, 3.63) is 18.2 Å². The van der Waals surface area contributed by atoms with Crippen LogP contribution in [0.3, 0.4) is 0 Å². The van der Waals surface area contributed by atoms with Crippen LogP contribution < -0.4 is 4.90 Å². The number of rotatable bonds is 2. The molecule has 0 bridgehead atoms. The van der Waals surface area contributed by atoms with Crippen LogP contribution in [0.2, 0.25) is 0 Å². The van der Waals surface area contributed by atoms with E-state index in [-0.39, 0.29) is 6.10 Å². The van der Waals surface area contributed by atoms with E-state index in [2.05, 4.69) is 24.5 Å². The van der Waals surface area contributed by atoms with Crippen molar-refractivity contribution < 1.29 is 5.11 Å². The molecule has 100 valence electrons. The van der Waals surface area contributed by atoms with Crippen LogP contribution in [0.15, 0.2) is 12.4 Å². The first-order chi connectivity index (χ1) is 9.33. The van der Waals surface area contributed by atoms with Gasteiger partial charge in [0.25, 0.3) is 0 Å². The summed E-state index contributed by atoms with van der Waals surface area (Å²) in [5, 5.41) is 18.2. The lowest BCUT2D eigenvalue weighted by molar-refractivity contribution is 0.145.